The van der Waals surface area contributed by atoms with Crippen molar-refractivity contribution in [2.75, 3.05) is 0 Å². The van der Waals surface area contributed by atoms with Crippen molar-refractivity contribution in [2.45, 2.75) is 32.8 Å². The molecule has 0 amide bonds. The number of carbonyl (C=O) groups is 1. The lowest BCUT2D eigenvalue weighted by Crippen LogP contribution is -2.19. The number of hydrogen-bond acceptors (Lipinski definition) is 2. The van der Waals surface area contributed by atoms with Gasteiger partial charge in [0.15, 0.2) is 5.78 Å². The molecule has 2 heteroatoms. The topological polar surface area (TPSA) is 26.3 Å². The van der Waals surface area contributed by atoms with Crippen LogP contribution in [0.15, 0.2) is 11.8 Å². The summed E-state index contributed by atoms with van der Waals surface area (Å²) in [6.07, 6.45) is 3.15. The number of rotatable bonds is 1. The monoisotopic (exact) mass is 140 g/mol. The van der Waals surface area contributed by atoms with Gasteiger partial charge in [-0.05, 0) is 13.3 Å². The standard InChI is InChI=1S/C8H12O2/c1-3-8-5-7(9)4-6(2)10-8/h4,8H,3,5H2,1-2H3/t8-/m0/s1. The quantitative estimate of drug-likeness (QED) is 0.553. The van der Waals surface area contributed by atoms with Crippen LogP contribution in [0.2, 0.25) is 0 Å². The smallest absolute Gasteiger partial charge is 0.162 e. The molecule has 0 aromatic heterocycles. The molecule has 2 nitrogen and oxygen atoms in total. The van der Waals surface area contributed by atoms with Crippen molar-refractivity contribution in [3.05, 3.63) is 11.8 Å². The van der Waals surface area contributed by atoms with E-state index in [9.17, 15) is 4.79 Å². The fourth-order valence-electron chi connectivity index (χ4n) is 1.08. The summed E-state index contributed by atoms with van der Waals surface area (Å²) in [5.41, 5.74) is 0. The van der Waals surface area contributed by atoms with Crippen LogP contribution in [0, 0.1) is 0 Å². The van der Waals surface area contributed by atoms with Gasteiger partial charge in [0.1, 0.15) is 6.10 Å². The molecule has 1 aliphatic rings. The van der Waals surface area contributed by atoms with Crippen LogP contribution in [0.25, 0.3) is 0 Å². The van der Waals surface area contributed by atoms with Crippen LogP contribution in [0.5, 0.6) is 0 Å². The second kappa shape index (κ2) is 2.86. The minimum Gasteiger partial charge on any atom is -0.494 e. The van der Waals surface area contributed by atoms with Gasteiger partial charge in [0, 0.05) is 12.5 Å². The Morgan fingerprint density at radius 1 is 1.80 bits per heavy atom. The number of ether oxygens (including phenoxy) is 1. The van der Waals surface area contributed by atoms with Crippen LogP contribution < -0.4 is 0 Å². The van der Waals surface area contributed by atoms with Gasteiger partial charge in [-0.1, -0.05) is 6.92 Å². The molecule has 0 fully saturated rings. The Morgan fingerprint density at radius 3 is 3.00 bits per heavy atom. The molecular formula is C8H12O2. The molecule has 1 aliphatic heterocycles. The summed E-state index contributed by atoms with van der Waals surface area (Å²) in [5, 5.41) is 0. The molecule has 0 saturated heterocycles. The molecule has 0 saturated carbocycles. The first kappa shape index (κ1) is 7.32. The van der Waals surface area contributed by atoms with E-state index in [0.717, 1.165) is 12.2 Å². The highest BCUT2D eigenvalue weighted by molar-refractivity contribution is 5.90. The van der Waals surface area contributed by atoms with Crippen molar-refractivity contribution in [1.29, 1.82) is 0 Å². The summed E-state index contributed by atoms with van der Waals surface area (Å²) < 4.78 is 5.35. The van der Waals surface area contributed by atoms with Crippen LogP contribution in [-0.4, -0.2) is 11.9 Å². The Labute approximate surface area is 60.9 Å². The Balaban J connectivity index is 2.60. The third kappa shape index (κ3) is 1.59. The maximum Gasteiger partial charge on any atom is 0.162 e. The van der Waals surface area contributed by atoms with E-state index in [0.29, 0.717) is 6.42 Å². The van der Waals surface area contributed by atoms with Crippen LogP contribution in [-0.2, 0) is 9.53 Å². The number of carbonyl (C=O) groups excluding carboxylic acids is 1. The van der Waals surface area contributed by atoms with E-state index in [2.05, 4.69) is 0 Å². The minimum atomic E-state index is 0.123. The van der Waals surface area contributed by atoms with Gasteiger partial charge in [0.2, 0.25) is 0 Å². The van der Waals surface area contributed by atoms with E-state index in [1.54, 1.807) is 6.08 Å². The minimum absolute atomic E-state index is 0.123. The fourth-order valence-corrected chi connectivity index (χ4v) is 1.08. The van der Waals surface area contributed by atoms with Gasteiger partial charge >= 0.3 is 0 Å². The molecule has 10 heavy (non-hydrogen) atoms. The molecule has 56 valence electrons. The fraction of sp³-hybridized carbons (Fsp3) is 0.625. The summed E-state index contributed by atoms with van der Waals surface area (Å²) in [6.45, 7) is 3.84. The van der Waals surface area contributed by atoms with Gasteiger partial charge in [-0.3, -0.25) is 4.79 Å². The molecule has 0 aromatic rings. The molecule has 0 spiro atoms. The highest BCUT2D eigenvalue weighted by atomic mass is 16.5. The van der Waals surface area contributed by atoms with E-state index >= 15 is 0 Å². The summed E-state index contributed by atoms with van der Waals surface area (Å²) in [4.78, 5) is 10.9. The van der Waals surface area contributed by atoms with E-state index in [-0.39, 0.29) is 11.9 Å². The number of hydrogen-bond donors (Lipinski definition) is 0. The zero-order valence-corrected chi connectivity index (χ0v) is 6.39. The number of ketones is 1. The predicted octanol–water partition coefficient (Wildman–Crippen LogP) is 1.66. The molecule has 0 aliphatic carbocycles. The molecule has 1 atom stereocenters. The first-order valence-corrected chi connectivity index (χ1v) is 3.60. The maximum atomic E-state index is 10.9. The van der Waals surface area contributed by atoms with E-state index < -0.39 is 0 Å². The van der Waals surface area contributed by atoms with Gasteiger partial charge < -0.3 is 4.74 Å². The van der Waals surface area contributed by atoms with Gasteiger partial charge in [0.05, 0.1) is 5.76 Å². The van der Waals surface area contributed by atoms with E-state index in [4.69, 9.17) is 4.74 Å². The lowest BCUT2D eigenvalue weighted by molar-refractivity contribution is -0.118. The maximum absolute atomic E-state index is 10.9. The van der Waals surface area contributed by atoms with Crippen molar-refractivity contribution in [2.24, 2.45) is 0 Å². The molecule has 0 unspecified atom stereocenters. The number of allylic oxidation sites excluding steroid dienone is 2. The van der Waals surface area contributed by atoms with Gasteiger partial charge in [-0.25, -0.2) is 0 Å². The average Bonchev–Trinajstić information content (AvgIpc) is 1.85. The summed E-state index contributed by atoms with van der Waals surface area (Å²) in [5.74, 6) is 0.943. The zero-order valence-electron chi connectivity index (χ0n) is 6.39. The molecule has 0 aromatic carbocycles. The lowest BCUT2D eigenvalue weighted by Gasteiger charge is -2.20. The van der Waals surface area contributed by atoms with Crippen LogP contribution in [0.1, 0.15) is 26.7 Å². The van der Waals surface area contributed by atoms with Crippen molar-refractivity contribution in [3.63, 3.8) is 0 Å². The van der Waals surface area contributed by atoms with Gasteiger partial charge in [0.25, 0.3) is 0 Å². The molecular weight excluding hydrogens is 128 g/mol. The predicted molar refractivity (Wildman–Crippen MR) is 38.5 cm³/mol. The summed E-state index contributed by atoms with van der Waals surface area (Å²) in [6, 6.07) is 0. The van der Waals surface area contributed by atoms with Crippen molar-refractivity contribution in [1.82, 2.24) is 0 Å². The molecule has 1 rings (SSSR count). The Bertz CT molecular complexity index is 170. The van der Waals surface area contributed by atoms with Gasteiger partial charge in [-0.2, -0.15) is 0 Å². The highest BCUT2D eigenvalue weighted by Crippen LogP contribution is 2.15. The molecule has 0 N–H and O–H groups in total. The normalized spacial score (nSPS) is 25.6. The third-order valence-corrected chi connectivity index (χ3v) is 1.60. The Morgan fingerprint density at radius 2 is 2.50 bits per heavy atom. The first-order valence-electron chi connectivity index (χ1n) is 3.60. The zero-order chi connectivity index (χ0) is 7.56. The summed E-state index contributed by atoms with van der Waals surface area (Å²) in [7, 11) is 0. The molecule has 1 heterocycles. The van der Waals surface area contributed by atoms with Crippen molar-refractivity contribution < 1.29 is 9.53 Å². The Kier molecular flexibility index (Phi) is 2.10. The lowest BCUT2D eigenvalue weighted by atomic mass is 10.1. The van der Waals surface area contributed by atoms with E-state index in [1.807, 2.05) is 13.8 Å². The van der Waals surface area contributed by atoms with Gasteiger partial charge in [-0.15, -0.1) is 0 Å². The van der Waals surface area contributed by atoms with Crippen LogP contribution >= 0.6 is 0 Å². The van der Waals surface area contributed by atoms with E-state index in [1.165, 1.54) is 0 Å². The average molecular weight is 140 g/mol. The van der Waals surface area contributed by atoms with Crippen molar-refractivity contribution >= 4 is 5.78 Å². The van der Waals surface area contributed by atoms with Crippen LogP contribution in [0.3, 0.4) is 0 Å². The van der Waals surface area contributed by atoms with Crippen molar-refractivity contribution in [3.8, 4) is 0 Å². The largest absolute Gasteiger partial charge is 0.494 e. The molecule has 0 radical (unpaired) electrons. The molecule has 0 bridgehead atoms. The summed E-state index contributed by atoms with van der Waals surface area (Å²) >= 11 is 0. The Hall–Kier alpha value is -0.790. The second-order valence-corrected chi connectivity index (χ2v) is 2.57. The first-order chi connectivity index (χ1) is 4.72. The second-order valence-electron chi connectivity index (χ2n) is 2.57. The van der Waals surface area contributed by atoms with Crippen LogP contribution in [0.4, 0.5) is 0 Å². The third-order valence-electron chi connectivity index (χ3n) is 1.60. The SMILES string of the molecule is CC[C@H]1CC(=O)C=C(C)O1. The highest BCUT2D eigenvalue weighted by Gasteiger charge is 2.17.